The topological polar surface area (TPSA) is 46.3 Å². The Bertz CT molecular complexity index is 640. The van der Waals surface area contributed by atoms with E-state index >= 15 is 0 Å². The van der Waals surface area contributed by atoms with E-state index in [0.717, 1.165) is 16.7 Å². The summed E-state index contributed by atoms with van der Waals surface area (Å²) < 4.78 is 1.06. The van der Waals surface area contributed by atoms with Crippen LogP contribution in [0.1, 0.15) is 22.8 Å². The van der Waals surface area contributed by atoms with Gasteiger partial charge in [0.1, 0.15) is 0 Å². The summed E-state index contributed by atoms with van der Waals surface area (Å²) in [4.78, 5) is 13.5. The predicted octanol–water partition coefficient (Wildman–Crippen LogP) is 3.87. The molecule has 0 saturated heterocycles. The van der Waals surface area contributed by atoms with Gasteiger partial charge in [-0.3, -0.25) is 4.79 Å². The van der Waals surface area contributed by atoms with Crippen molar-refractivity contribution in [3.8, 4) is 0 Å². The molecule has 0 atom stereocenters. The maximum Gasteiger partial charge on any atom is 0.161 e. The molecule has 2 aromatic carbocycles. The number of ketones is 1. The number of hydrogen-bond donors (Lipinski definition) is 1. The molecule has 0 saturated carbocycles. The number of Topliss-reactive ketones (excluding diaryl/α,β-unsaturated/α-hetero) is 1. The van der Waals surface area contributed by atoms with Crippen LogP contribution in [0.4, 0.5) is 11.4 Å². The number of nitrogen functional groups attached to an aromatic ring is 1. The van der Waals surface area contributed by atoms with Gasteiger partial charge in [-0.1, -0.05) is 28.1 Å². The number of rotatable bonds is 4. The highest BCUT2D eigenvalue weighted by atomic mass is 79.9. The highest BCUT2D eigenvalue weighted by Crippen LogP contribution is 2.23. The van der Waals surface area contributed by atoms with E-state index in [-0.39, 0.29) is 5.78 Å². The molecule has 2 rings (SSSR count). The standard InChI is InChI=1S/C16H17BrN2O/c1-11(20)15-7-6-14(9-16(15)18)19(2)10-12-4-3-5-13(17)8-12/h3-9H,10,18H2,1-2H3. The second-order valence-corrected chi connectivity index (χ2v) is 5.73. The number of carbonyl (C=O) groups excluding carboxylic acids is 1. The van der Waals surface area contributed by atoms with Crippen molar-refractivity contribution < 1.29 is 4.79 Å². The zero-order chi connectivity index (χ0) is 14.7. The molecule has 0 heterocycles. The van der Waals surface area contributed by atoms with E-state index in [9.17, 15) is 4.79 Å². The second kappa shape index (κ2) is 6.09. The highest BCUT2D eigenvalue weighted by molar-refractivity contribution is 9.10. The van der Waals surface area contributed by atoms with Crippen LogP contribution in [0.25, 0.3) is 0 Å². The molecule has 0 fully saturated rings. The third-order valence-electron chi connectivity index (χ3n) is 3.16. The first-order valence-electron chi connectivity index (χ1n) is 6.33. The Morgan fingerprint density at radius 1 is 1.25 bits per heavy atom. The highest BCUT2D eigenvalue weighted by Gasteiger charge is 2.08. The van der Waals surface area contributed by atoms with Gasteiger partial charge in [-0.2, -0.15) is 0 Å². The van der Waals surface area contributed by atoms with E-state index in [1.54, 1.807) is 6.07 Å². The molecule has 0 unspecified atom stereocenters. The van der Waals surface area contributed by atoms with Gasteiger partial charge in [0.2, 0.25) is 0 Å². The first-order valence-corrected chi connectivity index (χ1v) is 7.12. The second-order valence-electron chi connectivity index (χ2n) is 4.81. The summed E-state index contributed by atoms with van der Waals surface area (Å²) >= 11 is 3.47. The monoisotopic (exact) mass is 332 g/mol. The van der Waals surface area contributed by atoms with Crippen LogP contribution in [0.3, 0.4) is 0 Å². The fourth-order valence-corrected chi connectivity index (χ4v) is 2.56. The number of anilines is 2. The van der Waals surface area contributed by atoms with Crippen molar-refractivity contribution in [2.45, 2.75) is 13.5 Å². The molecule has 0 spiro atoms. The minimum atomic E-state index is -0.0105. The van der Waals surface area contributed by atoms with Gasteiger partial charge in [0.05, 0.1) is 0 Å². The third kappa shape index (κ3) is 3.39. The van der Waals surface area contributed by atoms with Crippen molar-refractivity contribution in [3.05, 3.63) is 58.1 Å². The Morgan fingerprint density at radius 2 is 2.00 bits per heavy atom. The lowest BCUT2D eigenvalue weighted by molar-refractivity contribution is 0.101. The van der Waals surface area contributed by atoms with Gasteiger partial charge in [-0.15, -0.1) is 0 Å². The Hall–Kier alpha value is -1.81. The fraction of sp³-hybridized carbons (Fsp3) is 0.188. The quantitative estimate of drug-likeness (QED) is 0.682. The van der Waals surface area contributed by atoms with Crippen LogP contribution >= 0.6 is 15.9 Å². The molecule has 4 heteroatoms. The van der Waals surface area contributed by atoms with Gasteiger partial charge in [-0.25, -0.2) is 0 Å². The summed E-state index contributed by atoms with van der Waals surface area (Å²) in [5.74, 6) is -0.0105. The maximum absolute atomic E-state index is 11.4. The van der Waals surface area contributed by atoms with Crippen LogP contribution in [-0.2, 0) is 6.54 Å². The van der Waals surface area contributed by atoms with Crippen molar-refractivity contribution in [3.63, 3.8) is 0 Å². The SMILES string of the molecule is CC(=O)c1ccc(N(C)Cc2cccc(Br)c2)cc1N. The van der Waals surface area contributed by atoms with E-state index in [2.05, 4.69) is 33.0 Å². The predicted molar refractivity (Wildman–Crippen MR) is 87.1 cm³/mol. The molecule has 0 aliphatic heterocycles. The number of nitrogens with two attached hydrogens (primary N) is 1. The molecule has 0 radical (unpaired) electrons. The van der Waals surface area contributed by atoms with Gasteiger partial charge in [0.15, 0.2) is 5.78 Å². The molecule has 20 heavy (non-hydrogen) atoms. The summed E-state index contributed by atoms with van der Waals surface area (Å²) in [6.45, 7) is 2.30. The fourth-order valence-electron chi connectivity index (χ4n) is 2.11. The molecule has 0 aromatic heterocycles. The van der Waals surface area contributed by atoms with Crippen LogP contribution < -0.4 is 10.6 Å². The lowest BCUT2D eigenvalue weighted by Crippen LogP contribution is -2.17. The molecular formula is C16H17BrN2O. The molecular weight excluding hydrogens is 316 g/mol. The molecule has 0 aliphatic carbocycles. The molecule has 2 aromatic rings. The Kier molecular flexibility index (Phi) is 4.45. The summed E-state index contributed by atoms with van der Waals surface area (Å²) in [5.41, 5.74) is 9.22. The van der Waals surface area contributed by atoms with E-state index < -0.39 is 0 Å². The van der Waals surface area contributed by atoms with Gasteiger partial charge in [0.25, 0.3) is 0 Å². The van der Waals surface area contributed by atoms with E-state index in [1.165, 1.54) is 12.5 Å². The van der Waals surface area contributed by atoms with Gasteiger partial charge >= 0.3 is 0 Å². The normalized spacial score (nSPS) is 10.3. The van der Waals surface area contributed by atoms with E-state index in [4.69, 9.17) is 5.73 Å². The molecule has 0 bridgehead atoms. The van der Waals surface area contributed by atoms with Crippen LogP contribution in [-0.4, -0.2) is 12.8 Å². The lowest BCUT2D eigenvalue weighted by Gasteiger charge is -2.20. The number of carbonyl (C=O) groups is 1. The smallest absolute Gasteiger partial charge is 0.161 e. The van der Waals surface area contributed by atoms with Crippen LogP contribution in [0.5, 0.6) is 0 Å². The Morgan fingerprint density at radius 3 is 2.60 bits per heavy atom. The van der Waals surface area contributed by atoms with E-state index in [0.29, 0.717) is 11.3 Å². The minimum Gasteiger partial charge on any atom is -0.398 e. The molecule has 0 aliphatic rings. The van der Waals surface area contributed by atoms with Crippen LogP contribution in [0.2, 0.25) is 0 Å². The molecule has 104 valence electrons. The van der Waals surface area contributed by atoms with E-state index in [1.807, 2.05) is 31.3 Å². The van der Waals surface area contributed by atoms with Gasteiger partial charge in [0, 0.05) is 35.0 Å². The Labute approximate surface area is 127 Å². The van der Waals surface area contributed by atoms with Crippen molar-refractivity contribution in [1.82, 2.24) is 0 Å². The number of benzene rings is 2. The average Bonchev–Trinajstić information content (AvgIpc) is 2.38. The lowest BCUT2D eigenvalue weighted by atomic mass is 10.1. The minimum absolute atomic E-state index is 0.0105. The maximum atomic E-state index is 11.4. The van der Waals surface area contributed by atoms with Crippen molar-refractivity contribution in [2.75, 3.05) is 17.7 Å². The molecule has 3 nitrogen and oxygen atoms in total. The van der Waals surface area contributed by atoms with Gasteiger partial charge in [-0.05, 0) is 42.8 Å². The van der Waals surface area contributed by atoms with Crippen molar-refractivity contribution in [1.29, 1.82) is 0 Å². The Balaban J connectivity index is 2.19. The molecule has 2 N–H and O–H groups in total. The number of halogens is 1. The van der Waals surface area contributed by atoms with Gasteiger partial charge < -0.3 is 10.6 Å². The zero-order valence-corrected chi connectivity index (χ0v) is 13.1. The van der Waals surface area contributed by atoms with Crippen LogP contribution in [0, 0.1) is 0 Å². The first kappa shape index (κ1) is 14.6. The number of nitrogens with zero attached hydrogens (tertiary/aromatic N) is 1. The first-order chi connectivity index (χ1) is 9.47. The molecule has 0 amide bonds. The summed E-state index contributed by atoms with van der Waals surface area (Å²) in [6, 6.07) is 13.7. The third-order valence-corrected chi connectivity index (χ3v) is 3.66. The zero-order valence-electron chi connectivity index (χ0n) is 11.6. The summed E-state index contributed by atoms with van der Waals surface area (Å²) in [5, 5.41) is 0. The largest absolute Gasteiger partial charge is 0.398 e. The summed E-state index contributed by atoms with van der Waals surface area (Å²) in [7, 11) is 2.00. The van der Waals surface area contributed by atoms with Crippen molar-refractivity contribution in [2.24, 2.45) is 0 Å². The van der Waals surface area contributed by atoms with Crippen LogP contribution in [0.15, 0.2) is 46.9 Å². The average molecular weight is 333 g/mol. The van der Waals surface area contributed by atoms with Crippen molar-refractivity contribution >= 4 is 33.1 Å². The number of hydrogen-bond acceptors (Lipinski definition) is 3. The summed E-state index contributed by atoms with van der Waals surface area (Å²) in [6.07, 6.45) is 0.